The van der Waals surface area contributed by atoms with Gasteiger partial charge in [-0.05, 0) is 43.0 Å². The lowest BCUT2D eigenvalue weighted by Gasteiger charge is -2.34. The van der Waals surface area contributed by atoms with E-state index in [1.54, 1.807) is 24.6 Å². The van der Waals surface area contributed by atoms with E-state index >= 15 is 0 Å². The van der Waals surface area contributed by atoms with Crippen molar-refractivity contribution >= 4 is 17.1 Å². The molecule has 7 heteroatoms. The van der Waals surface area contributed by atoms with Crippen LogP contribution < -0.4 is 0 Å². The number of rotatable bonds is 6. The molecule has 1 aliphatic heterocycles. The summed E-state index contributed by atoms with van der Waals surface area (Å²) in [4.78, 5) is 5.94. The first-order chi connectivity index (χ1) is 13.2. The quantitative estimate of drug-likeness (QED) is 0.760. The van der Waals surface area contributed by atoms with E-state index in [1.807, 2.05) is 4.57 Å². The van der Waals surface area contributed by atoms with Crippen molar-refractivity contribution < 1.29 is 13.2 Å². The molecule has 0 saturated heterocycles. The minimum absolute atomic E-state index is 0.309. The van der Waals surface area contributed by atoms with Gasteiger partial charge in [-0.3, -0.25) is 4.99 Å². The second-order valence-corrected chi connectivity index (χ2v) is 7.01. The van der Waals surface area contributed by atoms with Crippen molar-refractivity contribution in [2.45, 2.75) is 31.6 Å². The summed E-state index contributed by atoms with van der Waals surface area (Å²) in [5.74, 6) is 0.0640. The average Bonchev–Trinajstić information content (AvgIpc) is 3.45. The fourth-order valence-corrected chi connectivity index (χ4v) is 3.65. The summed E-state index contributed by atoms with van der Waals surface area (Å²) in [5.41, 5.74) is 1.62. The Kier molecular flexibility index (Phi) is 4.65. The molecule has 0 amide bonds. The van der Waals surface area contributed by atoms with E-state index in [-0.39, 0.29) is 0 Å². The van der Waals surface area contributed by atoms with Crippen LogP contribution in [0.5, 0.6) is 0 Å². The van der Waals surface area contributed by atoms with E-state index in [0.717, 1.165) is 18.4 Å². The molecule has 1 aromatic heterocycles. The van der Waals surface area contributed by atoms with E-state index in [2.05, 4.69) is 11.1 Å². The SMILES string of the molecule is N#Cc1c(C2N=CC=CN2C(CF)CF)n(CC2CC2)c2ccc(F)cc12. The van der Waals surface area contributed by atoms with Crippen LogP contribution in [-0.4, -0.2) is 35.1 Å². The predicted molar refractivity (Wildman–Crippen MR) is 97.3 cm³/mol. The summed E-state index contributed by atoms with van der Waals surface area (Å²) in [6.07, 6.45) is 6.25. The topological polar surface area (TPSA) is 44.3 Å². The van der Waals surface area contributed by atoms with Gasteiger partial charge in [0.15, 0.2) is 6.17 Å². The smallest absolute Gasteiger partial charge is 0.163 e. The van der Waals surface area contributed by atoms with Crippen LogP contribution in [0.2, 0.25) is 0 Å². The Bertz CT molecular complexity index is 948. The van der Waals surface area contributed by atoms with Crippen molar-refractivity contribution in [3.05, 3.63) is 47.5 Å². The maximum Gasteiger partial charge on any atom is 0.163 e. The van der Waals surface area contributed by atoms with Crippen LogP contribution in [0.1, 0.15) is 30.3 Å². The van der Waals surface area contributed by atoms with Crippen LogP contribution in [0.25, 0.3) is 10.9 Å². The van der Waals surface area contributed by atoms with Crippen LogP contribution in [0, 0.1) is 23.1 Å². The summed E-state index contributed by atoms with van der Waals surface area (Å²) in [6, 6.07) is 5.55. The number of hydrogen-bond acceptors (Lipinski definition) is 3. The molecule has 4 nitrogen and oxygen atoms in total. The number of aromatic nitrogens is 1. The Morgan fingerprint density at radius 2 is 2.04 bits per heavy atom. The molecule has 27 heavy (non-hydrogen) atoms. The molecule has 2 aliphatic rings. The zero-order chi connectivity index (χ0) is 19.0. The largest absolute Gasteiger partial charge is 0.343 e. The van der Waals surface area contributed by atoms with Gasteiger partial charge in [-0.2, -0.15) is 5.26 Å². The van der Waals surface area contributed by atoms with Gasteiger partial charge >= 0.3 is 0 Å². The lowest BCUT2D eigenvalue weighted by molar-refractivity contribution is 0.143. The molecule has 2 heterocycles. The molecule has 1 aliphatic carbocycles. The molecule has 1 atom stereocenters. The molecule has 0 bridgehead atoms. The van der Waals surface area contributed by atoms with Crippen molar-refractivity contribution in [2.24, 2.45) is 10.9 Å². The molecule has 140 valence electrons. The van der Waals surface area contributed by atoms with Crippen molar-refractivity contribution in [1.29, 1.82) is 5.26 Å². The molecule has 0 spiro atoms. The Labute approximate surface area is 155 Å². The third-order valence-corrected chi connectivity index (χ3v) is 5.19. The zero-order valence-electron chi connectivity index (χ0n) is 14.7. The van der Waals surface area contributed by atoms with Crippen LogP contribution >= 0.6 is 0 Å². The molecule has 4 rings (SSSR count). The maximum atomic E-state index is 13.9. The third-order valence-electron chi connectivity index (χ3n) is 5.19. The normalized spacial score (nSPS) is 19.2. The summed E-state index contributed by atoms with van der Waals surface area (Å²) in [6.45, 7) is -1.06. The average molecular weight is 372 g/mol. The number of allylic oxidation sites excluding steroid dienone is 1. The van der Waals surface area contributed by atoms with E-state index in [0.29, 0.717) is 29.1 Å². The predicted octanol–water partition coefficient (Wildman–Crippen LogP) is 4.27. The fourth-order valence-electron chi connectivity index (χ4n) is 3.65. The second kappa shape index (κ2) is 7.10. The first-order valence-electron chi connectivity index (χ1n) is 8.99. The molecular formula is C20H19F3N4. The first-order valence-corrected chi connectivity index (χ1v) is 8.99. The number of nitrogens with zero attached hydrogens (tertiary/aromatic N) is 4. The van der Waals surface area contributed by atoms with Crippen molar-refractivity contribution in [3.8, 4) is 6.07 Å². The lowest BCUT2D eigenvalue weighted by Crippen LogP contribution is -2.39. The number of aliphatic imine (C=N–C) groups is 1. The van der Waals surface area contributed by atoms with Crippen molar-refractivity contribution in [3.63, 3.8) is 0 Å². The van der Waals surface area contributed by atoms with Crippen LogP contribution in [-0.2, 0) is 6.54 Å². The van der Waals surface area contributed by atoms with Gasteiger partial charge in [0.05, 0.1) is 17.3 Å². The number of benzene rings is 1. The first kappa shape index (κ1) is 17.7. The van der Waals surface area contributed by atoms with Crippen LogP contribution in [0.15, 0.2) is 35.5 Å². The highest BCUT2D eigenvalue weighted by atomic mass is 19.1. The number of alkyl halides is 2. The monoisotopic (exact) mass is 372 g/mol. The fraction of sp³-hybridized carbons (Fsp3) is 0.400. The Balaban J connectivity index is 1.92. The van der Waals surface area contributed by atoms with Gasteiger partial charge in [-0.25, -0.2) is 13.2 Å². The van der Waals surface area contributed by atoms with E-state index in [4.69, 9.17) is 0 Å². The van der Waals surface area contributed by atoms with Crippen LogP contribution in [0.3, 0.4) is 0 Å². The standard InChI is InChI=1S/C20H19F3N4/c21-9-15(10-22)26-7-1-6-25-20(26)19-17(11-24)16-8-14(23)4-5-18(16)27(19)12-13-2-3-13/h1,4-8,13,15,20H,2-3,9-10,12H2. The summed E-state index contributed by atoms with van der Waals surface area (Å²) >= 11 is 0. The van der Waals surface area contributed by atoms with Gasteiger partial charge in [-0.15, -0.1) is 0 Å². The number of halogens is 3. The minimum Gasteiger partial charge on any atom is -0.343 e. The van der Waals surface area contributed by atoms with E-state index < -0.39 is 31.4 Å². The summed E-state index contributed by atoms with van der Waals surface area (Å²) < 4.78 is 42.6. The molecule has 0 N–H and O–H groups in total. The number of fused-ring (bicyclic) bond motifs is 1. The van der Waals surface area contributed by atoms with Gasteiger partial charge in [0.2, 0.25) is 0 Å². The molecule has 1 saturated carbocycles. The highest BCUT2D eigenvalue weighted by Crippen LogP contribution is 2.39. The Morgan fingerprint density at radius 3 is 2.70 bits per heavy atom. The number of hydrogen-bond donors (Lipinski definition) is 0. The van der Waals surface area contributed by atoms with Gasteiger partial charge in [0.25, 0.3) is 0 Å². The van der Waals surface area contributed by atoms with Crippen LogP contribution in [0.4, 0.5) is 13.2 Å². The van der Waals surface area contributed by atoms with E-state index in [1.165, 1.54) is 17.0 Å². The molecule has 0 radical (unpaired) electrons. The van der Waals surface area contributed by atoms with Crippen molar-refractivity contribution in [2.75, 3.05) is 13.3 Å². The third kappa shape index (κ3) is 3.09. The summed E-state index contributed by atoms with van der Waals surface area (Å²) in [7, 11) is 0. The molecule has 1 unspecified atom stereocenters. The van der Waals surface area contributed by atoms with Gasteiger partial charge in [0, 0.05) is 29.9 Å². The van der Waals surface area contributed by atoms with Gasteiger partial charge < -0.3 is 9.47 Å². The van der Waals surface area contributed by atoms with Gasteiger partial charge in [0.1, 0.15) is 25.2 Å². The molecule has 1 fully saturated rings. The maximum absolute atomic E-state index is 13.9. The summed E-state index contributed by atoms with van der Waals surface area (Å²) in [5, 5.41) is 10.3. The second-order valence-electron chi connectivity index (χ2n) is 7.01. The number of nitriles is 1. The molecule has 2 aromatic rings. The highest BCUT2D eigenvalue weighted by Gasteiger charge is 2.34. The lowest BCUT2D eigenvalue weighted by atomic mass is 10.1. The highest BCUT2D eigenvalue weighted by molar-refractivity contribution is 5.88. The van der Waals surface area contributed by atoms with E-state index in [9.17, 15) is 18.4 Å². The zero-order valence-corrected chi connectivity index (χ0v) is 14.7. The van der Waals surface area contributed by atoms with Crippen molar-refractivity contribution in [1.82, 2.24) is 9.47 Å². The molecule has 1 aromatic carbocycles. The van der Waals surface area contributed by atoms with Gasteiger partial charge in [-0.1, -0.05) is 0 Å². The Morgan fingerprint density at radius 1 is 1.26 bits per heavy atom. The Hall–Kier alpha value is -2.75. The minimum atomic E-state index is -0.987. The molecular weight excluding hydrogens is 353 g/mol.